The summed E-state index contributed by atoms with van der Waals surface area (Å²) in [4.78, 5) is 25.3. The molecule has 6 heteroatoms. The van der Waals surface area contributed by atoms with E-state index in [9.17, 15) is 9.59 Å². The van der Waals surface area contributed by atoms with Gasteiger partial charge in [0, 0.05) is 24.0 Å². The lowest BCUT2D eigenvalue weighted by Crippen LogP contribution is -2.25. The van der Waals surface area contributed by atoms with Crippen LogP contribution in [-0.2, 0) is 4.74 Å². The van der Waals surface area contributed by atoms with Crippen molar-refractivity contribution >= 4 is 23.4 Å². The first-order chi connectivity index (χ1) is 13.6. The van der Waals surface area contributed by atoms with Gasteiger partial charge in [-0.05, 0) is 60.7 Å². The normalized spacial score (nSPS) is 10.1. The van der Waals surface area contributed by atoms with Crippen LogP contribution in [0.4, 0.5) is 16.2 Å². The third-order valence-corrected chi connectivity index (χ3v) is 4.06. The van der Waals surface area contributed by atoms with Crippen LogP contribution in [-0.4, -0.2) is 26.2 Å². The number of para-hydroxylation sites is 1. The number of nitrogens with one attached hydrogen (secondary N) is 1. The number of hydrogen-bond acceptors (Lipinski definition) is 4. The zero-order valence-electron chi connectivity index (χ0n) is 15.6. The molecule has 0 aliphatic rings. The van der Waals surface area contributed by atoms with Crippen molar-refractivity contribution in [1.82, 2.24) is 0 Å². The van der Waals surface area contributed by atoms with Gasteiger partial charge < -0.3 is 14.8 Å². The zero-order chi connectivity index (χ0) is 19.9. The van der Waals surface area contributed by atoms with Crippen LogP contribution in [0.2, 0.25) is 0 Å². The number of methoxy groups -OCH3 is 1. The molecule has 0 heterocycles. The number of amides is 2. The minimum Gasteiger partial charge on any atom is -0.457 e. The summed E-state index contributed by atoms with van der Waals surface area (Å²) in [6, 6.07) is 23.2. The van der Waals surface area contributed by atoms with E-state index in [1.807, 2.05) is 30.3 Å². The largest absolute Gasteiger partial charge is 0.457 e. The van der Waals surface area contributed by atoms with E-state index < -0.39 is 6.09 Å². The molecule has 0 aliphatic carbocycles. The van der Waals surface area contributed by atoms with E-state index in [0.29, 0.717) is 22.7 Å². The van der Waals surface area contributed by atoms with E-state index >= 15 is 0 Å². The Morgan fingerprint density at radius 1 is 0.821 bits per heavy atom. The first-order valence-corrected chi connectivity index (χ1v) is 8.63. The molecule has 28 heavy (non-hydrogen) atoms. The van der Waals surface area contributed by atoms with Gasteiger partial charge in [0.1, 0.15) is 11.5 Å². The van der Waals surface area contributed by atoms with Gasteiger partial charge in [-0.15, -0.1) is 0 Å². The van der Waals surface area contributed by atoms with Crippen LogP contribution in [0.5, 0.6) is 11.5 Å². The first-order valence-electron chi connectivity index (χ1n) is 8.63. The molecule has 0 fully saturated rings. The van der Waals surface area contributed by atoms with E-state index in [4.69, 9.17) is 4.74 Å². The third kappa shape index (κ3) is 4.67. The second-order valence-corrected chi connectivity index (χ2v) is 5.97. The lowest BCUT2D eigenvalue weighted by Gasteiger charge is -2.16. The Hall–Kier alpha value is -3.80. The maximum absolute atomic E-state index is 12.4. The summed E-state index contributed by atoms with van der Waals surface area (Å²) < 4.78 is 10.4. The van der Waals surface area contributed by atoms with Gasteiger partial charge in [-0.2, -0.15) is 0 Å². The first kappa shape index (κ1) is 19.0. The fraction of sp³-hybridized carbons (Fsp3) is 0.0909. The molecule has 1 N–H and O–H groups in total. The fourth-order valence-corrected chi connectivity index (χ4v) is 2.51. The maximum atomic E-state index is 12.4. The summed E-state index contributed by atoms with van der Waals surface area (Å²) in [5.41, 5.74) is 1.79. The average Bonchev–Trinajstić information content (AvgIpc) is 2.74. The summed E-state index contributed by atoms with van der Waals surface area (Å²) in [5, 5.41) is 2.82. The molecule has 0 atom stereocenters. The monoisotopic (exact) mass is 376 g/mol. The van der Waals surface area contributed by atoms with Gasteiger partial charge in [-0.25, -0.2) is 4.79 Å². The van der Waals surface area contributed by atoms with Crippen molar-refractivity contribution < 1.29 is 19.1 Å². The topological polar surface area (TPSA) is 67.9 Å². The number of carbonyl (C=O) groups is 2. The molecule has 3 rings (SSSR count). The van der Waals surface area contributed by atoms with E-state index in [-0.39, 0.29) is 5.91 Å². The maximum Gasteiger partial charge on any atom is 0.413 e. The van der Waals surface area contributed by atoms with E-state index in [2.05, 4.69) is 10.1 Å². The van der Waals surface area contributed by atoms with Crippen LogP contribution >= 0.6 is 0 Å². The number of anilines is 2. The van der Waals surface area contributed by atoms with Crippen molar-refractivity contribution in [2.45, 2.75) is 0 Å². The Morgan fingerprint density at radius 3 is 2.04 bits per heavy atom. The van der Waals surface area contributed by atoms with Crippen molar-refractivity contribution in [3.05, 3.63) is 84.4 Å². The molecule has 3 aromatic rings. The quantitative estimate of drug-likeness (QED) is 0.685. The van der Waals surface area contributed by atoms with Crippen molar-refractivity contribution in [2.75, 3.05) is 24.4 Å². The minimum absolute atomic E-state index is 0.236. The molecular weight excluding hydrogens is 356 g/mol. The van der Waals surface area contributed by atoms with E-state index in [1.165, 1.54) is 12.0 Å². The number of ether oxygens (including phenoxy) is 2. The molecule has 0 bridgehead atoms. The Bertz CT molecular complexity index is 939. The molecule has 2 amide bonds. The molecule has 0 unspecified atom stereocenters. The average molecular weight is 376 g/mol. The zero-order valence-corrected chi connectivity index (χ0v) is 15.6. The molecular formula is C22H20N2O4. The fourth-order valence-electron chi connectivity index (χ4n) is 2.51. The molecule has 142 valence electrons. The van der Waals surface area contributed by atoms with Gasteiger partial charge >= 0.3 is 6.09 Å². The Morgan fingerprint density at radius 2 is 1.43 bits per heavy atom. The predicted molar refractivity (Wildman–Crippen MR) is 108 cm³/mol. The summed E-state index contributed by atoms with van der Waals surface area (Å²) >= 11 is 0. The SMILES string of the molecule is COC(=O)N(C)c1ccc(NC(=O)c2ccc(Oc3ccccc3)cc2)cc1. The van der Waals surface area contributed by atoms with Gasteiger partial charge in [0.2, 0.25) is 0 Å². The molecule has 6 nitrogen and oxygen atoms in total. The standard InChI is InChI=1S/C22H20N2O4/c1-24(22(26)27-2)18-12-10-17(11-13-18)23-21(25)16-8-14-20(15-9-16)28-19-6-4-3-5-7-19/h3-15H,1-2H3,(H,23,25). The lowest BCUT2D eigenvalue weighted by atomic mass is 10.2. The summed E-state index contributed by atoms with van der Waals surface area (Å²) in [6.07, 6.45) is -0.463. The molecule has 0 radical (unpaired) electrons. The van der Waals surface area contributed by atoms with Crippen LogP contribution < -0.4 is 15.0 Å². The Kier molecular flexibility index (Phi) is 5.91. The highest BCUT2D eigenvalue weighted by atomic mass is 16.5. The van der Waals surface area contributed by atoms with Crippen molar-refractivity contribution in [3.63, 3.8) is 0 Å². The van der Waals surface area contributed by atoms with Gasteiger partial charge in [0.25, 0.3) is 5.91 Å². The summed E-state index contributed by atoms with van der Waals surface area (Å²) in [7, 11) is 2.93. The van der Waals surface area contributed by atoms with Gasteiger partial charge in [0.05, 0.1) is 7.11 Å². The van der Waals surface area contributed by atoms with Crippen LogP contribution in [0.15, 0.2) is 78.9 Å². The highest BCUT2D eigenvalue weighted by molar-refractivity contribution is 6.04. The Labute approximate surface area is 163 Å². The van der Waals surface area contributed by atoms with Crippen LogP contribution in [0.1, 0.15) is 10.4 Å². The van der Waals surface area contributed by atoms with Gasteiger partial charge in [0.15, 0.2) is 0 Å². The van der Waals surface area contributed by atoms with Gasteiger partial charge in [-0.3, -0.25) is 9.69 Å². The molecule has 0 saturated carbocycles. The molecule has 0 saturated heterocycles. The third-order valence-electron chi connectivity index (χ3n) is 4.06. The Balaban J connectivity index is 1.62. The smallest absolute Gasteiger partial charge is 0.413 e. The number of rotatable bonds is 5. The predicted octanol–water partition coefficient (Wildman–Crippen LogP) is 4.93. The van der Waals surface area contributed by atoms with Crippen LogP contribution in [0, 0.1) is 0 Å². The van der Waals surface area contributed by atoms with Crippen LogP contribution in [0.3, 0.4) is 0 Å². The summed E-state index contributed by atoms with van der Waals surface area (Å²) in [6.45, 7) is 0. The number of carbonyl (C=O) groups excluding carboxylic acids is 2. The minimum atomic E-state index is -0.463. The highest BCUT2D eigenvalue weighted by Crippen LogP contribution is 2.22. The van der Waals surface area contributed by atoms with Crippen molar-refractivity contribution in [1.29, 1.82) is 0 Å². The molecule has 0 aliphatic heterocycles. The van der Waals surface area contributed by atoms with Crippen molar-refractivity contribution in [3.8, 4) is 11.5 Å². The molecule has 0 spiro atoms. The summed E-state index contributed by atoms with van der Waals surface area (Å²) in [5.74, 6) is 1.15. The second-order valence-electron chi connectivity index (χ2n) is 5.97. The second kappa shape index (κ2) is 8.73. The van der Waals surface area contributed by atoms with Gasteiger partial charge in [-0.1, -0.05) is 18.2 Å². The van der Waals surface area contributed by atoms with E-state index in [0.717, 1.165) is 5.75 Å². The van der Waals surface area contributed by atoms with Crippen molar-refractivity contribution in [2.24, 2.45) is 0 Å². The highest BCUT2D eigenvalue weighted by Gasteiger charge is 2.11. The lowest BCUT2D eigenvalue weighted by molar-refractivity contribution is 0.102. The van der Waals surface area contributed by atoms with E-state index in [1.54, 1.807) is 55.6 Å². The number of benzene rings is 3. The molecule has 0 aromatic heterocycles. The number of hydrogen-bond donors (Lipinski definition) is 1. The number of nitrogens with zero attached hydrogens (tertiary/aromatic N) is 1. The van der Waals surface area contributed by atoms with Crippen LogP contribution in [0.25, 0.3) is 0 Å². The molecule has 3 aromatic carbocycles.